The van der Waals surface area contributed by atoms with Gasteiger partial charge in [-0.25, -0.2) is 9.59 Å². The van der Waals surface area contributed by atoms with E-state index in [4.69, 9.17) is 28.3 Å². The number of benzene rings is 2. The molecule has 1 unspecified atom stereocenters. The van der Waals surface area contributed by atoms with Gasteiger partial charge in [-0.2, -0.15) is 0 Å². The van der Waals surface area contributed by atoms with E-state index in [2.05, 4.69) is 0 Å². The minimum atomic E-state index is -1.14. The number of hydrogen-bond acceptors (Lipinski definition) is 3. The van der Waals surface area contributed by atoms with Gasteiger partial charge in [0.05, 0.1) is 27.8 Å². The number of aliphatic hydroxyl groups is 1. The Balaban J connectivity index is 1.97. The SMILES string of the molecule is O=C(O)c1cccc(N2CC(O)N(c3cccc(Cl)c3Cl)C2=O)c1. The number of carboxylic acid groups (broad SMARTS) is 1. The van der Waals surface area contributed by atoms with Crippen LogP contribution in [0.5, 0.6) is 0 Å². The highest BCUT2D eigenvalue weighted by molar-refractivity contribution is 6.44. The molecule has 1 fully saturated rings. The minimum Gasteiger partial charge on any atom is -0.478 e. The predicted octanol–water partition coefficient (Wildman–Crippen LogP) is 3.46. The number of amides is 2. The molecule has 2 aromatic carbocycles. The molecule has 3 rings (SSSR count). The second kappa shape index (κ2) is 6.32. The second-order valence-electron chi connectivity index (χ2n) is 5.17. The van der Waals surface area contributed by atoms with Crippen molar-refractivity contribution in [3.8, 4) is 0 Å². The number of carbonyl (C=O) groups is 2. The fraction of sp³-hybridized carbons (Fsp3) is 0.125. The molecule has 2 N–H and O–H groups in total. The first-order chi connectivity index (χ1) is 11.4. The Hall–Kier alpha value is -2.28. The maximum Gasteiger partial charge on any atom is 0.335 e. The van der Waals surface area contributed by atoms with Gasteiger partial charge in [0.25, 0.3) is 0 Å². The third-order valence-electron chi connectivity index (χ3n) is 3.68. The van der Waals surface area contributed by atoms with Crippen LogP contribution < -0.4 is 9.80 Å². The minimum absolute atomic E-state index is 0.0231. The maximum atomic E-state index is 12.7. The van der Waals surface area contributed by atoms with Crippen molar-refractivity contribution in [2.75, 3.05) is 16.3 Å². The molecule has 1 aliphatic rings. The fourth-order valence-electron chi connectivity index (χ4n) is 2.55. The molecular formula is C16H12Cl2N2O4. The van der Waals surface area contributed by atoms with Gasteiger partial charge < -0.3 is 10.2 Å². The van der Waals surface area contributed by atoms with Gasteiger partial charge in [0.2, 0.25) is 0 Å². The smallest absolute Gasteiger partial charge is 0.335 e. The summed E-state index contributed by atoms with van der Waals surface area (Å²) in [5, 5.41) is 19.8. The summed E-state index contributed by atoms with van der Waals surface area (Å²) in [6.45, 7) is -0.0231. The molecule has 0 radical (unpaired) electrons. The van der Waals surface area contributed by atoms with E-state index >= 15 is 0 Å². The number of anilines is 2. The molecule has 1 saturated heterocycles. The third kappa shape index (κ3) is 2.80. The van der Waals surface area contributed by atoms with Crippen molar-refractivity contribution in [2.45, 2.75) is 6.23 Å². The zero-order valence-electron chi connectivity index (χ0n) is 12.2. The van der Waals surface area contributed by atoms with E-state index in [0.29, 0.717) is 11.4 Å². The van der Waals surface area contributed by atoms with Crippen molar-refractivity contribution in [3.63, 3.8) is 0 Å². The number of urea groups is 1. The van der Waals surface area contributed by atoms with Gasteiger partial charge >= 0.3 is 12.0 Å². The van der Waals surface area contributed by atoms with Gasteiger partial charge in [-0.05, 0) is 30.3 Å². The lowest BCUT2D eigenvalue weighted by Crippen LogP contribution is -2.35. The van der Waals surface area contributed by atoms with E-state index in [1.165, 1.54) is 23.1 Å². The van der Waals surface area contributed by atoms with Crippen LogP contribution in [0.1, 0.15) is 10.4 Å². The Morgan fingerprint density at radius 1 is 1.17 bits per heavy atom. The topological polar surface area (TPSA) is 81.1 Å². The van der Waals surface area contributed by atoms with E-state index < -0.39 is 18.2 Å². The van der Waals surface area contributed by atoms with E-state index in [1.807, 2.05) is 0 Å². The molecule has 1 heterocycles. The second-order valence-corrected chi connectivity index (χ2v) is 5.96. The monoisotopic (exact) mass is 366 g/mol. The molecule has 1 atom stereocenters. The molecule has 2 aromatic rings. The lowest BCUT2D eigenvalue weighted by atomic mass is 10.2. The Bertz CT molecular complexity index is 827. The molecule has 1 aliphatic heterocycles. The quantitative estimate of drug-likeness (QED) is 0.871. The number of nitrogens with zero attached hydrogens (tertiary/aromatic N) is 2. The highest BCUT2D eigenvalue weighted by Gasteiger charge is 2.39. The average molecular weight is 367 g/mol. The Morgan fingerprint density at radius 2 is 1.88 bits per heavy atom. The summed E-state index contributed by atoms with van der Waals surface area (Å²) in [6.07, 6.45) is -1.14. The van der Waals surface area contributed by atoms with Crippen molar-refractivity contribution in [2.24, 2.45) is 0 Å². The van der Waals surface area contributed by atoms with Crippen LogP contribution in [0.25, 0.3) is 0 Å². The molecule has 124 valence electrons. The average Bonchev–Trinajstić information content (AvgIpc) is 2.85. The van der Waals surface area contributed by atoms with Gasteiger partial charge in [0.15, 0.2) is 6.23 Å². The molecule has 0 aliphatic carbocycles. The molecule has 6 nitrogen and oxygen atoms in total. The van der Waals surface area contributed by atoms with Crippen molar-refractivity contribution >= 4 is 46.6 Å². The van der Waals surface area contributed by atoms with Crippen molar-refractivity contribution in [1.82, 2.24) is 0 Å². The van der Waals surface area contributed by atoms with Gasteiger partial charge in [-0.3, -0.25) is 9.80 Å². The lowest BCUT2D eigenvalue weighted by molar-refractivity contribution is 0.0697. The lowest BCUT2D eigenvalue weighted by Gasteiger charge is -2.21. The number of rotatable bonds is 3. The number of carboxylic acids is 1. The summed E-state index contributed by atoms with van der Waals surface area (Å²) in [6, 6.07) is 10.2. The summed E-state index contributed by atoms with van der Waals surface area (Å²) < 4.78 is 0. The summed E-state index contributed by atoms with van der Waals surface area (Å²) in [5.41, 5.74) is 0.715. The van der Waals surface area contributed by atoms with Gasteiger partial charge in [0.1, 0.15) is 0 Å². The molecule has 24 heavy (non-hydrogen) atoms. The number of hydrogen-bond donors (Lipinski definition) is 2. The van der Waals surface area contributed by atoms with Crippen LogP contribution in [-0.4, -0.2) is 35.0 Å². The molecule has 8 heteroatoms. The Labute approximate surface area is 147 Å². The van der Waals surface area contributed by atoms with Crippen molar-refractivity contribution in [1.29, 1.82) is 0 Å². The Kier molecular flexibility index (Phi) is 4.36. The molecular weight excluding hydrogens is 355 g/mol. The Morgan fingerprint density at radius 3 is 2.58 bits per heavy atom. The van der Waals surface area contributed by atoms with Crippen LogP contribution in [0.3, 0.4) is 0 Å². The molecule has 0 aromatic heterocycles. The summed E-state index contributed by atoms with van der Waals surface area (Å²) in [4.78, 5) is 26.2. The van der Waals surface area contributed by atoms with E-state index in [-0.39, 0.29) is 22.2 Å². The zero-order valence-corrected chi connectivity index (χ0v) is 13.7. The van der Waals surface area contributed by atoms with E-state index in [1.54, 1.807) is 24.3 Å². The zero-order chi connectivity index (χ0) is 17.4. The first kappa shape index (κ1) is 16.6. The van der Waals surface area contributed by atoms with E-state index in [9.17, 15) is 14.7 Å². The van der Waals surface area contributed by atoms with Crippen LogP contribution in [0.2, 0.25) is 10.0 Å². The maximum absolute atomic E-state index is 12.7. The summed E-state index contributed by atoms with van der Waals surface area (Å²) >= 11 is 12.1. The van der Waals surface area contributed by atoms with Crippen LogP contribution >= 0.6 is 23.2 Å². The molecule has 2 amide bonds. The highest BCUT2D eigenvalue weighted by atomic mass is 35.5. The fourth-order valence-corrected chi connectivity index (χ4v) is 2.93. The van der Waals surface area contributed by atoms with Crippen LogP contribution in [0.4, 0.5) is 16.2 Å². The number of carbonyl (C=O) groups excluding carboxylic acids is 1. The third-order valence-corrected chi connectivity index (χ3v) is 4.49. The standard InChI is InChI=1S/C16H12Cl2N2O4/c17-11-5-2-6-12(14(11)18)20-13(21)8-19(16(20)24)10-4-1-3-9(7-10)15(22)23/h1-7,13,21H,8H2,(H,22,23). The largest absolute Gasteiger partial charge is 0.478 e. The van der Waals surface area contributed by atoms with Crippen molar-refractivity contribution < 1.29 is 19.8 Å². The summed E-state index contributed by atoms with van der Waals surface area (Å²) in [5.74, 6) is -1.10. The predicted molar refractivity (Wildman–Crippen MR) is 91.1 cm³/mol. The van der Waals surface area contributed by atoms with Crippen molar-refractivity contribution in [3.05, 3.63) is 58.1 Å². The van der Waals surface area contributed by atoms with Crippen LogP contribution in [-0.2, 0) is 0 Å². The first-order valence-electron chi connectivity index (χ1n) is 6.96. The normalized spacial score (nSPS) is 17.5. The molecule has 0 saturated carbocycles. The highest BCUT2D eigenvalue weighted by Crippen LogP contribution is 2.36. The molecule has 0 bridgehead atoms. The van der Waals surface area contributed by atoms with Gasteiger partial charge in [-0.15, -0.1) is 0 Å². The number of aromatic carboxylic acids is 1. The number of halogens is 2. The van der Waals surface area contributed by atoms with Gasteiger partial charge in [0, 0.05) is 5.69 Å². The van der Waals surface area contributed by atoms with E-state index in [0.717, 1.165) is 4.90 Å². The number of aliphatic hydroxyl groups excluding tert-OH is 1. The van der Waals surface area contributed by atoms with Crippen LogP contribution in [0.15, 0.2) is 42.5 Å². The van der Waals surface area contributed by atoms with Crippen LogP contribution in [0, 0.1) is 0 Å². The summed E-state index contributed by atoms with van der Waals surface area (Å²) in [7, 11) is 0. The first-order valence-corrected chi connectivity index (χ1v) is 7.72. The van der Waals surface area contributed by atoms with Gasteiger partial charge in [-0.1, -0.05) is 35.3 Å². The number of β-amino-alcohol motifs (C(OH)–C–C–N with tert-alkyl or cyclic N) is 1. The molecule has 0 spiro atoms.